The van der Waals surface area contributed by atoms with Gasteiger partial charge < -0.3 is 10.3 Å². The normalized spacial score (nSPS) is 16.0. The van der Waals surface area contributed by atoms with E-state index in [-0.39, 0.29) is 55.5 Å². The average Bonchev–Trinajstić information content (AvgIpc) is 3.14. The van der Waals surface area contributed by atoms with Gasteiger partial charge in [-0.3, -0.25) is 19.3 Å². The summed E-state index contributed by atoms with van der Waals surface area (Å²) in [6.07, 6.45) is 0.586. The van der Waals surface area contributed by atoms with Crippen molar-refractivity contribution in [2.75, 3.05) is 6.54 Å². The summed E-state index contributed by atoms with van der Waals surface area (Å²) >= 11 is 0. The second-order valence-electron chi connectivity index (χ2n) is 6.62. The van der Waals surface area contributed by atoms with Crippen LogP contribution in [0.25, 0.3) is 11.0 Å². The van der Waals surface area contributed by atoms with Gasteiger partial charge in [-0.25, -0.2) is 4.98 Å². The molecule has 2 aromatic rings. The molecule has 1 aliphatic heterocycles. The summed E-state index contributed by atoms with van der Waals surface area (Å²) in [5, 5.41) is 2.97. The van der Waals surface area contributed by atoms with Crippen LogP contribution in [0.5, 0.6) is 0 Å². The molecular weight excluding hydrogens is 320 g/mol. The van der Waals surface area contributed by atoms with Gasteiger partial charge in [0, 0.05) is 25.8 Å². The fraction of sp³-hybridized carbons (Fsp3) is 0.444. The van der Waals surface area contributed by atoms with Crippen molar-refractivity contribution in [1.29, 1.82) is 0 Å². The fourth-order valence-electron chi connectivity index (χ4n) is 3.00. The number of aromatic amines is 1. The number of H-pyrrole nitrogens is 1. The molecule has 1 aromatic carbocycles. The zero-order valence-electron chi connectivity index (χ0n) is 14.4. The lowest BCUT2D eigenvalue weighted by Gasteiger charge is -2.21. The minimum atomic E-state index is -0.259. The van der Waals surface area contributed by atoms with Gasteiger partial charge >= 0.3 is 0 Å². The van der Waals surface area contributed by atoms with Crippen LogP contribution < -0.4 is 5.32 Å². The van der Waals surface area contributed by atoms with Gasteiger partial charge in [0.15, 0.2) is 0 Å². The van der Waals surface area contributed by atoms with Crippen LogP contribution in [0.3, 0.4) is 0 Å². The summed E-state index contributed by atoms with van der Waals surface area (Å²) in [5.41, 5.74) is 1.77. The molecule has 1 saturated heterocycles. The maximum absolute atomic E-state index is 12.3. The monoisotopic (exact) mass is 342 g/mol. The number of likely N-dealkylation sites (tertiary alicyclic amines) is 1. The number of nitrogens with zero attached hydrogens (tertiary/aromatic N) is 2. The third kappa shape index (κ3) is 3.70. The quantitative estimate of drug-likeness (QED) is 0.784. The topological polar surface area (TPSA) is 95.2 Å². The second kappa shape index (κ2) is 7.04. The molecule has 7 heteroatoms. The maximum atomic E-state index is 12.3. The highest BCUT2D eigenvalue weighted by molar-refractivity contribution is 6.02. The van der Waals surface area contributed by atoms with Gasteiger partial charge in [-0.15, -0.1) is 0 Å². The van der Waals surface area contributed by atoms with Crippen LogP contribution in [-0.4, -0.2) is 39.1 Å². The van der Waals surface area contributed by atoms with E-state index in [0.717, 1.165) is 11.0 Å². The molecule has 25 heavy (non-hydrogen) atoms. The van der Waals surface area contributed by atoms with E-state index < -0.39 is 0 Å². The highest BCUT2D eigenvalue weighted by Gasteiger charge is 2.29. The van der Waals surface area contributed by atoms with E-state index in [4.69, 9.17) is 0 Å². The molecular formula is C18H22N4O3. The summed E-state index contributed by atoms with van der Waals surface area (Å²) < 4.78 is 0. The number of imide groups is 1. The summed E-state index contributed by atoms with van der Waals surface area (Å²) in [5.74, 6) is 0.245. The number of carbonyl (C=O) groups is 3. The first-order valence-electron chi connectivity index (χ1n) is 8.53. The molecule has 1 atom stereocenters. The molecule has 1 aliphatic rings. The number of hydrogen-bond acceptors (Lipinski definition) is 4. The summed E-state index contributed by atoms with van der Waals surface area (Å²) in [6.45, 7) is 4.14. The second-order valence-corrected chi connectivity index (χ2v) is 6.62. The molecule has 0 radical (unpaired) electrons. The number of carbonyl (C=O) groups excluding carboxylic acids is 3. The van der Waals surface area contributed by atoms with E-state index in [1.807, 2.05) is 38.1 Å². The van der Waals surface area contributed by atoms with Crippen LogP contribution in [0.15, 0.2) is 24.3 Å². The smallest absolute Gasteiger partial charge is 0.229 e. The van der Waals surface area contributed by atoms with Gasteiger partial charge in [-0.05, 0) is 18.1 Å². The first-order valence-corrected chi connectivity index (χ1v) is 8.53. The highest BCUT2D eigenvalue weighted by atomic mass is 16.2. The Bertz CT molecular complexity index is 763. The van der Waals surface area contributed by atoms with Gasteiger partial charge in [0.1, 0.15) is 5.82 Å². The Morgan fingerprint density at radius 1 is 1.24 bits per heavy atom. The maximum Gasteiger partial charge on any atom is 0.229 e. The number of amides is 3. The molecule has 7 nitrogen and oxygen atoms in total. The Morgan fingerprint density at radius 3 is 2.56 bits per heavy atom. The average molecular weight is 342 g/mol. The molecule has 0 unspecified atom stereocenters. The number of aromatic nitrogens is 2. The first-order chi connectivity index (χ1) is 12.0. The van der Waals surface area contributed by atoms with Crippen molar-refractivity contribution < 1.29 is 14.4 Å². The number of imidazole rings is 1. The van der Waals surface area contributed by atoms with Crippen LogP contribution in [0, 0.1) is 5.92 Å². The van der Waals surface area contributed by atoms with Gasteiger partial charge in [0.25, 0.3) is 0 Å². The molecule has 0 saturated carbocycles. The predicted molar refractivity (Wildman–Crippen MR) is 92.4 cm³/mol. The number of para-hydroxylation sites is 2. The number of rotatable bonds is 6. The van der Waals surface area contributed by atoms with Crippen molar-refractivity contribution in [3.63, 3.8) is 0 Å². The van der Waals surface area contributed by atoms with Crippen molar-refractivity contribution in [3.8, 4) is 0 Å². The minimum Gasteiger partial charge on any atom is -0.346 e. The molecule has 132 valence electrons. The lowest BCUT2D eigenvalue weighted by molar-refractivity contribution is -0.138. The standard InChI is InChI=1S/C18H22N4O3/c1-11(2)17(18-19-12-5-3-4-6-13(12)20-18)21-14(23)9-10-22-15(24)7-8-16(22)25/h3-6,11,17H,7-10H2,1-2H3,(H,19,20)(H,21,23)/t17-/m0/s1. The Labute approximate surface area is 145 Å². The molecule has 0 aliphatic carbocycles. The predicted octanol–water partition coefficient (Wildman–Crippen LogP) is 1.92. The van der Waals surface area contributed by atoms with Crippen LogP contribution in [0.4, 0.5) is 0 Å². The van der Waals surface area contributed by atoms with E-state index in [1.165, 1.54) is 4.90 Å². The number of benzene rings is 1. The van der Waals surface area contributed by atoms with Crippen molar-refractivity contribution >= 4 is 28.8 Å². The highest BCUT2D eigenvalue weighted by Crippen LogP contribution is 2.22. The van der Waals surface area contributed by atoms with Gasteiger partial charge in [-0.2, -0.15) is 0 Å². The van der Waals surface area contributed by atoms with Crippen LogP contribution in [0.2, 0.25) is 0 Å². The van der Waals surface area contributed by atoms with Crippen molar-refractivity contribution in [1.82, 2.24) is 20.2 Å². The third-order valence-electron chi connectivity index (χ3n) is 4.40. The molecule has 3 rings (SSSR count). The van der Waals surface area contributed by atoms with E-state index in [1.54, 1.807) is 0 Å². The molecule has 2 N–H and O–H groups in total. The summed E-state index contributed by atoms with van der Waals surface area (Å²) in [6, 6.07) is 7.44. The zero-order chi connectivity index (χ0) is 18.0. The molecule has 1 fully saturated rings. The van der Waals surface area contributed by atoms with Crippen molar-refractivity contribution in [2.24, 2.45) is 5.92 Å². The molecule has 0 bridgehead atoms. The van der Waals surface area contributed by atoms with Crippen molar-refractivity contribution in [3.05, 3.63) is 30.1 Å². The SMILES string of the molecule is CC(C)[C@H](NC(=O)CCN1C(=O)CCC1=O)c1nc2ccccc2[nH]1. The first kappa shape index (κ1) is 17.1. The largest absolute Gasteiger partial charge is 0.346 e. The van der Waals surface area contributed by atoms with Crippen LogP contribution in [0.1, 0.15) is 45.0 Å². The van der Waals surface area contributed by atoms with Crippen molar-refractivity contribution in [2.45, 2.75) is 39.2 Å². The number of nitrogens with one attached hydrogen (secondary N) is 2. The van der Waals surface area contributed by atoms with Crippen LogP contribution >= 0.6 is 0 Å². The van der Waals surface area contributed by atoms with E-state index in [2.05, 4.69) is 15.3 Å². The van der Waals surface area contributed by atoms with Crippen LogP contribution in [-0.2, 0) is 14.4 Å². The molecule has 3 amide bonds. The Balaban J connectivity index is 1.66. The van der Waals surface area contributed by atoms with Gasteiger partial charge in [0.05, 0.1) is 17.1 Å². The van der Waals surface area contributed by atoms with Gasteiger partial charge in [-0.1, -0.05) is 26.0 Å². The van der Waals surface area contributed by atoms with Gasteiger partial charge in [0.2, 0.25) is 17.7 Å². The Morgan fingerprint density at radius 2 is 1.92 bits per heavy atom. The number of hydrogen-bond donors (Lipinski definition) is 2. The molecule has 0 spiro atoms. The Kier molecular flexibility index (Phi) is 4.83. The third-order valence-corrected chi connectivity index (χ3v) is 4.40. The Hall–Kier alpha value is -2.70. The van der Waals surface area contributed by atoms with E-state index in [0.29, 0.717) is 5.82 Å². The van der Waals surface area contributed by atoms with E-state index >= 15 is 0 Å². The number of fused-ring (bicyclic) bond motifs is 1. The van der Waals surface area contributed by atoms with E-state index in [9.17, 15) is 14.4 Å². The molecule has 1 aromatic heterocycles. The summed E-state index contributed by atoms with van der Waals surface area (Å²) in [7, 11) is 0. The lowest BCUT2D eigenvalue weighted by Crippen LogP contribution is -2.37. The zero-order valence-corrected chi connectivity index (χ0v) is 14.4. The molecule has 2 heterocycles. The minimum absolute atomic E-state index is 0.0981. The summed E-state index contributed by atoms with van der Waals surface area (Å²) in [4.78, 5) is 44.5. The fourth-order valence-corrected chi connectivity index (χ4v) is 3.00. The lowest BCUT2D eigenvalue weighted by atomic mass is 10.0.